The molecule has 0 unspecified atom stereocenters. The average Bonchev–Trinajstić information content (AvgIpc) is 2.49. The molecular formula is C14H16BO2Si. The summed E-state index contributed by atoms with van der Waals surface area (Å²) in [6, 6.07) is 7.89. The molecule has 0 aliphatic carbocycles. The van der Waals surface area contributed by atoms with Crippen molar-refractivity contribution in [3.63, 3.8) is 0 Å². The molecule has 2 rings (SSSR count). The van der Waals surface area contributed by atoms with Crippen LogP contribution in [0.1, 0.15) is 33.3 Å². The summed E-state index contributed by atoms with van der Waals surface area (Å²) in [6.45, 7) is 8.19. The monoisotopic (exact) mass is 255 g/mol. The second kappa shape index (κ2) is 4.58. The summed E-state index contributed by atoms with van der Waals surface area (Å²) < 4.78 is 12.1. The zero-order chi connectivity index (χ0) is 13.4. The van der Waals surface area contributed by atoms with Crippen LogP contribution in [-0.2, 0) is 9.31 Å². The summed E-state index contributed by atoms with van der Waals surface area (Å²) in [5.41, 5.74) is 3.98. The van der Waals surface area contributed by atoms with E-state index in [9.17, 15) is 0 Å². The topological polar surface area (TPSA) is 18.5 Å². The van der Waals surface area contributed by atoms with Crippen molar-refractivity contribution in [2.75, 3.05) is 0 Å². The summed E-state index contributed by atoms with van der Waals surface area (Å²) in [7, 11) is 2.82. The fourth-order valence-corrected chi connectivity index (χ4v) is 1.99. The lowest BCUT2D eigenvalue weighted by molar-refractivity contribution is 0.00578. The Balaban J connectivity index is 2.37. The Hall–Kier alpha value is -1.02. The maximum Gasteiger partial charge on any atom is 0.496 e. The lowest BCUT2D eigenvalue weighted by Gasteiger charge is -2.32. The molecule has 1 aliphatic heterocycles. The van der Waals surface area contributed by atoms with Gasteiger partial charge in [0, 0.05) is 5.56 Å². The van der Waals surface area contributed by atoms with E-state index in [1.165, 1.54) is 0 Å². The smallest absolute Gasteiger partial charge is 0.399 e. The molecule has 3 radical (unpaired) electrons. The van der Waals surface area contributed by atoms with Crippen molar-refractivity contribution in [1.29, 1.82) is 0 Å². The Morgan fingerprint density at radius 3 is 2.17 bits per heavy atom. The van der Waals surface area contributed by atoms with Gasteiger partial charge in [0.2, 0.25) is 0 Å². The number of rotatable bonds is 1. The van der Waals surface area contributed by atoms with Crippen LogP contribution in [0.4, 0.5) is 0 Å². The summed E-state index contributed by atoms with van der Waals surface area (Å²) in [5.74, 6) is 3.01. The van der Waals surface area contributed by atoms with E-state index in [1.54, 1.807) is 0 Å². The van der Waals surface area contributed by atoms with Crippen molar-refractivity contribution >= 4 is 22.8 Å². The Labute approximate surface area is 113 Å². The van der Waals surface area contributed by atoms with E-state index in [0.29, 0.717) is 0 Å². The first-order valence-electron chi connectivity index (χ1n) is 6.00. The van der Waals surface area contributed by atoms with Gasteiger partial charge in [0.15, 0.2) is 0 Å². The first kappa shape index (κ1) is 13.4. The van der Waals surface area contributed by atoms with Gasteiger partial charge in [0.25, 0.3) is 0 Å². The molecule has 1 aromatic carbocycles. The highest BCUT2D eigenvalue weighted by Crippen LogP contribution is 2.36. The van der Waals surface area contributed by atoms with Gasteiger partial charge in [-0.05, 0) is 39.2 Å². The van der Waals surface area contributed by atoms with Crippen LogP contribution in [0, 0.1) is 11.5 Å². The molecular weight excluding hydrogens is 239 g/mol. The van der Waals surface area contributed by atoms with Gasteiger partial charge in [-0.3, -0.25) is 0 Å². The molecule has 2 nitrogen and oxygen atoms in total. The van der Waals surface area contributed by atoms with E-state index in [-0.39, 0.29) is 18.3 Å². The predicted octanol–water partition coefficient (Wildman–Crippen LogP) is 1.46. The van der Waals surface area contributed by atoms with E-state index in [1.807, 2.05) is 52.0 Å². The van der Waals surface area contributed by atoms with Crippen molar-refractivity contribution in [3.05, 3.63) is 29.8 Å². The molecule has 1 aromatic rings. The molecule has 1 saturated heterocycles. The third-order valence-corrected chi connectivity index (χ3v) is 3.79. The summed E-state index contributed by atoms with van der Waals surface area (Å²) >= 11 is 0. The minimum absolute atomic E-state index is 0.327. The van der Waals surface area contributed by atoms with Crippen molar-refractivity contribution in [1.82, 2.24) is 0 Å². The lowest BCUT2D eigenvalue weighted by Crippen LogP contribution is -2.41. The Bertz CT molecular complexity index is 498. The van der Waals surface area contributed by atoms with E-state index >= 15 is 0 Å². The molecule has 0 aromatic heterocycles. The van der Waals surface area contributed by atoms with Crippen molar-refractivity contribution < 1.29 is 9.31 Å². The van der Waals surface area contributed by atoms with Crippen LogP contribution < -0.4 is 5.46 Å². The third-order valence-electron chi connectivity index (χ3n) is 3.67. The summed E-state index contributed by atoms with van der Waals surface area (Å²) in [6.07, 6.45) is 0. The fraction of sp³-hybridized carbons (Fsp3) is 0.429. The van der Waals surface area contributed by atoms with E-state index in [4.69, 9.17) is 9.31 Å². The van der Waals surface area contributed by atoms with E-state index < -0.39 is 0 Å². The molecule has 4 heteroatoms. The van der Waals surface area contributed by atoms with Crippen LogP contribution in [0.25, 0.3) is 0 Å². The second-order valence-electron chi connectivity index (χ2n) is 5.43. The third kappa shape index (κ3) is 2.26. The fourth-order valence-electron chi connectivity index (χ4n) is 1.85. The van der Waals surface area contributed by atoms with Crippen molar-refractivity contribution in [2.45, 2.75) is 38.9 Å². The molecule has 1 heterocycles. The van der Waals surface area contributed by atoms with Gasteiger partial charge in [-0.15, -0.1) is 5.54 Å². The van der Waals surface area contributed by atoms with Crippen LogP contribution >= 0.6 is 0 Å². The van der Waals surface area contributed by atoms with Crippen LogP contribution in [-0.4, -0.2) is 28.6 Å². The van der Waals surface area contributed by atoms with Gasteiger partial charge < -0.3 is 9.31 Å². The average molecular weight is 255 g/mol. The molecule has 0 bridgehead atoms. The van der Waals surface area contributed by atoms with Gasteiger partial charge in [-0.2, -0.15) is 0 Å². The number of benzene rings is 1. The Morgan fingerprint density at radius 1 is 1.06 bits per heavy atom. The molecule has 1 fully saturated rings. The van der Waals surface area contributed by atoms with Gasteiger partial charge in [0.1, 0.15) is 10.2 Å². The summed E-state index contributed by atoms with van der Waals surface area (Å²) in [5, 5.41) is 0. The van der Waals surface area contributed by atoms with E-state index in [2.05, 4.69) is 21.7 Å². The Morgan fingerprint density at radius 2 is 1.61 bits per heavy atom. The number of hydrogen-bond acceptors (Lipinski definition) is 2. The van der Waals surface area contributed by atoms with Crippen LogP contribution in [0.5, 0.6) is 0 Å². The van der Waals surface area contributed by atoms with Gasteiger partial charge in [-0.1, -0.05) is 24.1 Å². The van der Waals surface area contributed by atoms with Gasteiger partial charge >= 0.3 is 7.12 Å². The van der Waals surface area contributed by atoms with E-state index in [0.717, 1.165) is 11.0 Å². The van der Waals surface area contributed by atoms with Gasteiger partial charge in [-0.25, -0.2) is 0 Å². The molecule has 0 spiro atoms. The maximum absolute atomic E-state index is 6.03. The Kier molecular flexibility index (Phi) is 3.41. The highest BCUT2D eigenvalue weighted by atomic mass is 28.1. The molecule has 18 heavy (non-hydrogen) atoms. The van der Waals surface area contributed by atoms with Crippen LogP contribution in [0.15, 0.2) is 24.3 Å². The minimum atomic E-state index is -0.362. The largest absolute Gasteiger partial charge is 0.496 e. The molecule has 0 N–H and O–H groups in total. The van der Waals surface area contributed by atoms with Crippen molar-refractivity contribution in [3.8, 4) is 11.5 Å². The molecule has 91 valence electrons. The highest BCUT2D eigenvalue weighted by Gasteiger charge is 2.52. The zero-order valence-corrected chi connectivity index (χ0v) is 12.2. The second-order valence-corrected chi connectivity index (χ2v) is 5.68. The van der Waals surface area contributed by atoms with Crippen LogP contribution in [0.2, 0.25) is 0 Å². The van der Waals surface area contributed by atoms with Crippen LogP contribution in [0.3, 0.4) is 0 Å². The molecule has 0 amide bonds. The zero-order valence-electron chi connectivity index (χ0n) is 11.2. The molecule has 0 saturated carbocycles. The lowest BCUT2D eigenvalue weighted by atomic mass is 9.76. The quantitative estimate of drug-likeness (QED) is 0.559. The standard InChI is InChI=1S/C14H16BO2Si/c1-13(2)14(3,4)17-15(16-13)12-8-6-5-7-11(12)9-10-18/h5-8H,1-4H3. The number of hydrogen-bond donors (Lipinski definition) is 0. The normalized spacial score (nSPS) is 20.4. The maximum atomic E-state index is 6.03. The first-order chi connectivity index (χ1) is 8.37. The SMILES string of the molecule is CC1(C)OB(c2ccccc2C#C[Si])OC1(C)C. The van der Waals surface area contributed by atoms with Crippen molar-refractivity contribution in [2.24, 2.45) is 0 Å². The van der Waals surface area contributed by atoms with Gasteiger partial charge in [0.05, 0.1) is 11.2 Å². The molecule has 1 aliphatic rings. The summed E-state index contributed by atoms with van der Waals surface area (Å²) in [4.78, 5) is 0. The molecule has 0 atom stereocenters. The minimum Gasteiger partial charge on any atom is -0.399 e. The highest BCUT2D eigenvalue weighted by molar-refractivity contribution is 6.62. The first-order valence-corrected chi connectivity index (χ1v) is 6.50. The predicted molar refractivity (Wildman–Crippen MR) is 74.8 cm³/mol.